The van der Waals surface area contributed by atoms with Crippen molar-refractivity contribution in [2.45, 2.75) is 51.4 Å². The Morgan fingerprint density at radius 2 is 2.05 bits per heavy atom. The Bertz CT molecular complexity index is 549. The minimum atomic E-state index is -2.70. The molecule has 1 aliphatic rings. The summed E-state index contributed by atoms with van der Waals surface area (Å²) in [6, 6.07) is 1.89. The largest absolute Gasteiger partial charge is 0.366 e. The zero-order valence-corrected chi connectivity index (χ0v) is 14.1. The van der Waals surface area contributed by atoms with Gasteiger partial charge in [-0.25, -0.2) is 4.98 Å². The monoisotopic (exact) mass is 378 g/mol. The lowest BCUT2D eigenvalue weighted by atomic mass is 9.93. The van der Waals surface area contributed by atoms with Gasteiger partial charge in [-0.05, 0) is 48.5 Å². The van der Waals surface area contributed by atoms with E-state index >= 15 is 0 Å². The predicted molar refractivity (Wildman–Crippen MR) is 82.6 cm³/mol. The fraction of sp³-hybridized carbons (Fsp3) is 0.643. The Balaban J connectivity index is 1.98. The fourth-order valence-electron chi connectivity index (χ4n) is 2.67. The number of hydrogen-bond donors (Lipinski definition) is 1. The van der Waals surface area contributed by atoms with E-state index in [2.05, 4.69) is 31.0 Å². The van der Waals surface area contributed by atoms with Gasteiger partial charge in [-0.1, -0.05) is 0 Å². The summed E-state index contributed by atoms with van der Waals surface area (Å²) in [5.74, 6) is 0.668. The highest BCUT2D eigenvalue weighted by Gasteiger charge is 2.25. The van der Waals surface area contributed by atoms with Crippen LogP contribution < -0.4 is 5.32 Å². The molecule has 1 heterocycles. The second-order valence-electron chi connectivity index (χ2n) is 5.44. The maximum absolute atomic E-state index is 12.2. The number of anilines is 1. The zero-order valence-electron chi connectivity index (χ0n) is 12.5. The van der Waals surface area contributed by atoms with E-state index in [9.17, 15) is 13.7 Å². The van der Waals surface area contributed by atoms with Crippen molar-refractivity contribution in [1.82, 2.24) is 4.98 Å². The lowest BCUT2D eigenvalue weighted by Crippen LogP contribution is -2.31. The highest BCUT2D eigenvalue weighted by molar-refractivity contribution is 9.10. The molecule has 0 spiro atoms. The number of aromatic nitrogens is 1. The van der Waals surface area contributed by atoms with Crippen LogP contribution in [0.2, 0.25) is 0 Å². The maximum Gasteiger partial charge on any atom is 0.345 e. The smallest absolute Gasteiger partial charge is 0.345 e. The normalized spacial score (nSPS) is 21.9. The molecule has 1 saturated carbocycles. The van der Waals surface area contributed by atoms with Gasteiger partial charge in [0.05, 0.1) is 10.6 Å². The predicted octanol–water partition coefficient (Wildman–Crippen LogP) is 4.16. The number of alkyl halides is 2. The van der Waals surface area contributed by atoms with Gasteiger partial charge in [0, 0.05) is 21.8 Å². The Morgan fingerprint density at radius 3 is 2.59 bits per heavy atom. The number of nitrogens with one attached hydrogen (secondary N) is 1. The van der Waals surface area contributed by atoms with Crippen LogP contribution >= 0.6 is 15.9 Å². The molecule has 0 unspecified atom stereocenters. The van der Waals surface area contributed by atoms with Gasteiger partial charge in [0.25, 0.3) is 5.69 Å². The third-order valence-electron chi connectivity index (χ3n) is 3.79. The average molecular weight is 379 g/mol. The van der Waals surface area contributed by atoms with Crippen molar-refractivity contribution in [2.75, 3.05) is 12.4 Å². The SMILES string of the molecule is Cc1nc(NC2CCC(OC(F)F)CC2)c(Br)cc1[N+](C)=O. The molecule has 0 aliphatic heterocycles. The molecule has 1 aliphatic carbocycles. The summed E-state index contributed by atoms with van der Waals surface area (Å²) in [7, 11) is 1.42. The number of pyridine rings is 1. The van der Waals surface area contributed by atoms with Gasteiger partial charge in [0.15, 0.2) is 7.05 Å². The van der Waals surface area contributed by atoms with E-state index in [4.69, 9.17) is 0 Å². The first-order valence-corrected chi connectivity index (χ1v) is 7.94. The highest BCUT2D eigenvalue weighted by Crippen LogP contribution is 2.30. The lowest BCUT2D eigenvalue weighted by Gasteiger charge is -2.29. The van der Waals surface area contributed by atoms with Crippen LogP contribution in [0.5, 0.6) is 0 Å². The van der Waals surface area contributed by atoms with Gasteiger partial charge in [-0.2, -0.15) is 8.78 Å². The van der Waals surface area contributed by atoms with Gasteiger partial charge in [0.1, 0.15) is 11.5 Å². The second-order valence-corrected chi connectivity index (χ2v) is 6.29. The molecule has 1 aromatic rings. The van der Waals surface area contributed by atoms with E-state index in [1.807, 2.05) is 0 Å². The Hall–Kier alpha value is -1.15. The molecular weight excluding hydrogens is 360 g/mol. The first-order valence-electron chi connectivity index (χ1n) is 7.15. The summed E-state index contributed by atoms with van der Waals surface area (Å²) in [5.41, 5.74) is 1.14. The van der Waals surface area contributed by atoms with E-state index in [-0.39, 0.29) is 12.1 Å². The van der Waals surface area contributed by atoms with Crippen molar-refractivity contribution in [3.63, 3.8) is 0 Å². The van der Waals surface area contributed by atoms with Crippen LogP contribution in [0.1, 0.15) is 31.4 Å². The number of nitroso groups, excluding NO2 is 1. The Labute approximate surface area is 136 Å². The molecule has 2 rings (SSSR count). The van der Waals surface area contributed by atoms with E-state index in [1.165, 1.54) is 7.05 Å². The van der Waals surface area contributed by atoms with Crippen molar-refractivity contribution in [3.8, 4) is 0 Å². The minimum Gasteiger partial charge on any atom is -0.366 e. The van der Waals surface area contributed by atoms with Gasteiger partial charge in [-0.15, -0.1) is 0 Å². The molecule has 122 valence electrons. The highest BCUT2D eigenvalue weighted by atomic mass is 79.9. The Kier molecular flexibility index (Phi) is 5.80. The van der Waals surface area contributed by atoms with Crippen molar-refractivity contribution >= 4 is 27.4 Å². The van der Waals surface area contributed by atoms with Crippen LogP contribution in [0.3, 0.4) is 0 Å². The number of halogens is 3. The van der Waals surface area contributed by atoms with Crippen molar-refractivity contribution in [1.29, 1.82) is 0 Å². The van der Waals surface area contributed by atoms with Crippen LogP contribution in [0.4, 0.5) is 20.3 Å². The Morgan fingerprint density at radius 1 is 1.41 bits per heavy atom. The van der Waals surface area contributed by atoms with Crippen LogP contribution in [0, 0.1) is 11.8 Å². The number of nitrogens with zero attached hydrogens (tertiary/aromatic N) is 2. The topological polar surface area (TPSA) is 54.2 Å². The number of ether oxygens (including phenoxy) is 1. The molecule has 0 aromatic carbocycles. The van der Waals surface area contributed by atoms with E-state index in [0.717, 1.165) is 17.6 Å². The minimum absolute atomic E-state index is 0.163. The second kappa shape index (κ2) is 7.41. The molecule has 5 nitrogen and oxygen atoms in total. The van der Waals surface area contributed by atoms with Crippen molar-refractivity contribution < 1.29 is 18.3 Å². The van der Waals surface area contributed by atoms with Crippen molar-refractivity contribution in [2.24, 2.45) is 0 Å². The van der Waals surface area contributed by atoms with Gasteiger partial charge >= 0.3 is 6.61 Å². The van der Waals surface area contributed by atoms with Gasteiger partial charge in [0.2, 0.25) is 0 Å². The first-order chi connectivity index (χ1) is 10.4. The number of aryl methyl sites for hydroxylation is 1. The van der Waals surface area contributed by atoms with Gasteiger partial charge in [-0.3, -0.25) is 0 Å². The van der Waals surface area contributed by atoms with E-state index in [1.54, 1.807) is 13.0 Å². The molecule has 22 heavy (non-hydrogen) atoms. The summed E-state index contributed by atoms with van der Waals surface area (Å²) in [4.78, 5) is 15.8. The third-order valence-corrected chi connectivity index (χ3v) is 4.39. The quantitative estimate of drug-likeness (QED) is 0.781. The summed E-state index contributed by atoms with van der Waals surface area (Å²) in [5, 5.41) is 3.31. The van der Waals surface area contributed by atoms with Crippen LogP contribution in [0.25, 0.3) is 0 Å². The summed E-state index contributed by atoms with van der Waals surface area (Å²) in [6.45, 7) is -0.932. The molecule has 1 fully saturated rings. The first kappa shape index (κ1) is 17.2. The van der Waals surface area contributed by atoms with Crippen LogP contribution in [-0.4, -0.2) is 35.5 Å². The number of rotatable bonds is 5. The molecule has 0 atom stereocenters. The summed E-state index contributed by atoms with van der Waals surface area (Å²) < 4.78 is 30.4. The zero-order chi connectivity index (χ0) is 16.3. The van der Waals surface area contributed by atoms with Gasteiger partial charge < -0.3 is 10.1 Å². The van der Waals surface area contributed by atoms with Crippen LogP contribution in [0.15, 0.2) is 10.5 Å². The standard InChI is InChI=1S/C14H19BrF2N3O2/c1-8-12(20(2)21)7-11(15)13(18-8)19-9-3-5-10(6-4-9)22-14(16)17/h7,9-10,14H,3-6H2,1-2H3,(H,18,19)/q+1. The van der Waals surface area contributed by atoms with E-state index in [0.29, 0.717) is 34.5 Å². The summed E-state index contributed by atoms with van der Waals surface area (Å²) >= 11 is 3.41. The lowest BCUT2D eigenvalue weighted by molar-refractivity contribution is -0.429. The molecule has 0 bridgehead atoms. The molecule has 0 saturated heterocycles. The molecule has 0 radical (unpaired) electrons. The molecule has 8 heteroatoms. The van der Waals surface area contributed by atoms with Crippen molar-refractivity contribution in [3.05, 3.63) is 21.1 Å². The van der Waals surface area contributed by atoms with Crippen LogP contribution in [-0.2, 0) is 4.74 Å². The van der Waals surface area contributed by atoms with E-state index < -0.39 is 6.61 Å². The molecular formula is C14H19BrF2N3O2+. The molecule has 1 N–H and O–H groups in total. The molecule has 1 aromatic heterocycles. The number of hydrogen-bond acceptors (Lipinski definition) is 4. The third kappa shape index (κ3) is 4.42. The summed E-state index contributed by atoms with van der Waals surface area (Å²) in [6.07, 6.45) is 2.31. The maximum atomic E-state index is 12.2. The average Bonchev–Trinajstić information content (AvgIpc) is 2.43. The molecule has 0 amide bonds. The fourth-order valence-corrected chi connectivity index (χ4v) is 3.09.